The van der Waals surface area contributed by atoms with E-state index < -0.39 is 32.7 Å². The Kier molecular flexibility index (Phi) is 45.4. The summed E-state index contributed by atoms with van der Waals surface area (Å²) in [7, 11) is -0.188. The van der Waals surface area contributed by atoms with Crippen LogP contribution in [0.3, 0.4) is 0 Å². The molecule has 0 radical (unpaired) electrons. The molecule has 0 aliphatic rings. The lowest BCUT2D eigenvalue weighted by atomic mass is 10.0. The number of hydrogen-bond donors (Lipinski definition) is 10. The number of esters is 1. The maximum Gasteiger partial charge on any atom is 0.307 e. The second-order valence-electron chi connectivity index (χ2n) is 27.0. The number of hydroxylamine groups is 2. The first-order chi connectivity index (χ1) is 52.8. The Hall–Kier alpha value is -10.5. The van der Waals surface area contributed by atoms with Crippen molar-refractivity contribution in [1.29, 1.82) is 0 Å². The normalized spacial score (nSPS) is 10.5. The van der Waals surface area contributed by atoms with Crippen molar-refractivity contribution in [3.63, 3.8) is 0 Å². The number of ether oxygens (including phenoxy) is 1. The molecule has 0 saturated heterocycles. The SMILES string of the molecule is CC(C)(C)[Si](C)(C)OCCNc1ccccc1.CCCN(C(=O)Cc1ccc(CCC(=O)NO)cc1)c1ccccc1.CCCN(C(=O)Cc1ccc(CCC(=O)OC)cc1)c1ccccc1.NO.O=C(CCc1ccc(CC(=O)N(CCO)c2ccccc2)cc1)NO.O=C(O)Cc1ccc(CCC(=O)CO)cc1. The summed E-state index contributed by atoms with van der Waals surface area (Å²) in [6, 6.07) is 69.0. The number of nitrogens with one attached hydrogen (secondary N) is 3. The second-order valence-corrected chi connectivity index (χ2v) is 31.8. The van der Waals surface area contributed by atoms with Crippen LogP contribution in [0.2, 0.25) is 18.1 Å². The molecule has 0 saturated carbocycles. The molecule has 0 aromatic heterocycles. The molecular weight excluding hydrogens is 1420 g/mol. The van der Waals surface area contributed by atoms with E-state index in [1.165, 1.54) is 7.11 Å². The van der Waals surface area contributed by atoms with Gasteiger partial charge < -0.3 is 49.7 Å². The van der Waals surface area contributed by atoms with Crippen molar-refractivity contribution in [2.45, 2.75) is 143 Å². The van der Waals surface area contributed by atoms with Crippen molar-refractivity contribution in [3.8, 4) is 0 Å². The summed E-state index contributed by atoms with van der Waals surface area (Å²) in [5.74, 6) is 1.48. The van der Waals surface area contributed by atoms with Crippen LogP contribution >= 0.6 is 0 Å². The van der Waals surface area contributed by atoms with Gasteiger partial charge in [-0.25, -0.2) is 16.9 Å². The summed E-state index contributed by atoms with van der Waals surface area (Å²) in [4.78, 5) is 97.8. The minimum atomic E-state index is -1.58. The number of nitrogens with zero attached hydrogens (tertiary/aromatic N) is 3. The molecule has 0 atom stereocenters. The van der Waals surface area contributed by atoms with Gasteiger partial charge in [0.2, 0.25) is 29.5 Å². The van der Waals surface area contributed by atoms with Gasteiger partial charge in [-0.15, -0.1) is 0 Å². The predicted molar refractivity (Wildman–Crippen MR) is 434 cm³/mol. The number of amides is 5. The Bertz CT molecular complexity index is 3640. The van der Waals surface area contributed by atoms with Crippen molar-refractivity contribution in [2.75, 3.05) is 73.1 Å². The quantitative estimate of drug-likeness (QED) is 0.00580. The van der Waals surface area contributed by atoms with E-state index in [-0.39, 0.29) is 68.3 Å². The van der Waals surface area contributed by atoms with E-state index in [0.29, 0.717) is 69.5 Å². The Morgan fingerprint density at radius 1 is 0.436 bits per heavy atom. The molecule has 0 aliphatic carbocycles. The average molecular weight is 1530 g/mol. The minimum absolute atomic E-state index is 0.00977. The third-order valence-corrected chi connectivity index (χ3v) is 22.1. The molecule has 0 unspecified atom stereocenters. The van der Waals surface area contributed by atoms with Crippen LogP contribution in [-0.2, 0) is 98.9 Å². The van der Waals surface area contributed by atoms with Crippen LogP contribution in [0, 0.1) is 0 Å². The molecule has 5 amide bonds. The van der Waals surface area contributed by atoms with Crippen LogP contribution < -0.4 is 36.9 Å². The lowest BCUT2D eigenvalue weighted by molar-refractivity contribution is -0.140. The van der Waals surface area contributed by atoms with Crippen molar-refractivity contribution in [2.24, 2.45) is 5.90 Å². The number of carbonyl (C=O) groups is 8. The predicted octanol–water partition coefficient (Wildman–Crippen LogP) is 12.8. The average Bonchev–Trinajstić information content (AvgIpc) is 0.870. The number of anilines is 4. The Morgan fingerprint density at radius 3 is 1.05 bits per heavy atom. The zero-order valence-corrected chi connectivity index (χ0v) is 65.8. The Balaban J connectivity index is 0.000000358. The standard InChI is InChI=1S/C21H25NO3.C20H24N2O3.C19H22N2O4.C14H25NOSi.C12H14O4.H3NO/c1-3-15-22(19-7-5-4-6-8-19)20(23)16-18-11-9-17(10-12-18)13-14-21(24)25-2;1-2-14-22(18-6-4-3-5-7-18)20(24)15-17-10-8-16(9-11-17)12-13-19(23)21-25;22-13-12-21(17-4-2-1-3-5-17)19(24)14-16-8-6-15(7-9-16)10-11-18(23)20-25;1-14(2,3)17(4,5)16-12-11-15-13-9-7-6-8-10-13;13-8-11(14)6-5-9-1-3-10(4-2-9)7-12(15)16;1-2/h4-12H,3,13-16H2,1-2H3;3-11,25H,2,12-15H2,1H3,(H,21,23);1-9,22,25H,10-14H2,(H,20,23);6-10,15H,11-12H2,1-5H3;1-4,13H,5-8H2,(H,15,16);2H,1H2. The molecule has 0 bridgehead atoms. The van der Waals surface area contributed by atoms with Crippen molar-refractivity contribution < 1.29 is 78.5 Å². The largest absolute Gasteiger partial charge is 0.481 e. The summed E-state index contributed by atoms with van der Waals surface area (Å²) < 4.78 is 10.7. The number of aliphatic hydroxyl groups excluding tert-OH is 2. The summed E-state index contributed by atoms with van der Waals surface area (Å²) in [5, 5.41) is 53.5. The number of carbonyl (C=O) groups excluding carboxylic acids is 7. The molecule has 11 N–H and O–H groups in total. The molecule has 8 aromatic rings. The number of nitrogens with two attached hydrogens (primary N) is 1. The number of benzene rings is 8. The van der Waals surface area contributed by atoms with E-state index in [1.807, 2.05) is 204 Å². The molecule has 110 heavy (non-hydrogen) atoms. The van der Waals surface area contributed by atoms with Gasteiger partial charge >= 0.3 is 11.9 Å². The van der Waals surface area contributed by atoms with E-state index in [2.05, 4.69) is 75.8 Å². The zero-order chi connectivity index (χ0) is 81.1. The number of ketones is 1. The number of para-hydroxylation sites is 4. The summed E-state index contributed by atoms with van der Waals surface area (Å²) in [6.45, 7) is 18.3. The van der Waals surface area contributed by atoms with Crippen LogP contribution in [0.4, 0.5) is 22.7 Å². The molecule has 0 spiro atoms. The molecule has 0 fully saturated rings. The van der Waals surface area contributed by atoms with E-state index >= 15 is 0 Å². The molecule has 8 rings (SSSR count). The summed E-state index contributed by atoms with van der Waals surface area (Å²) >= 11 is 0. The van der Waals surface area contributed by atoms with Crippen LogP contribution in [0.1, 0.15) is 118 Å². The molecule has 23 nitrogen and oxygen atoms in total. The first kappa shape index (κ1) is 93.7. The number of carboxylic acids is 1. The van der Waals surface area contributed by atoms with Gasteiger partial charge in [-0.2, -0.15) is 0 Å². The van der Waals surface area contributed by atoms with Crippen molar-refractivity contribution in [3.05, 3.63) is 263 Å². The fourth-order valence-electron chi connectivity index (χ4n) is 10.5. The highest BCUT2D eigenvalue weighted by Crippen LogP contribution is 2.36. The molecule has 24 heteroatoms. The number of Topliss-reactive ketones (excluding diaryl/α,β-unsaturated/α-hetero) is 1. The Labute approximate surface area is 649 Å². The van der Waals surface area contributed by atoms with Gasteiger partial charge in [0.15, 0.2) is 14.1 Å². The highest BCUT2D eigenvalue weighted by atomic mass is 28.4. The van der Waals surface area contributed by atoms with Crippen molar-refractivity contribution >= 4 is 78.3 Å². The number of hydrogen-bond acceptors (Lipinski definition) is 17. The van der Waals surface area contributed by atoms with Gasteiger partial charge in [0.05, 0.1) is 46.0 Å². The first-order valence-electron chi connectivity index (χ1n) is 36.8. The number of aliphatic hydroxyl groups is 2. The number of aliphatic carboxylic acids is 1. The fraction of sp³-hybridized carbons (Fsp3) is 0.349. The van der Waals surface area contributed by atoms with Crippen molar-refractivity contribution in [1.82, 2.24) is 11.0 Å². The maximum absolute atomic E-state index is 12.7. The van der Waals surface area contributed by atoms with Crippen LogP contribution in [0.5, 0.6) is 0 Å². The smallest absolute Gasteiger partial charge is 0.307 e. The lowest BCUT2D eigenvalue weighted by Gasteiger charge is -2.36. The number of methoxy groups -OCH3 is 1. The maximum atomic E-state index is 12.7. The van der Waals surface area contributed by atoms with E-state index in [9.17, 15) is 43.5 Å². The van der Waals surface area contributed by atoms with Crippen LogP contribution in [-0.4, -0.2) is 140 Å². The number of carboxylic acid groups (broad SMARTS) is 1. The lowest BCUT2D eigenvalue weighted by Crippen LogP contribution is -2.41. The molecule has 0 aliphatic heterocycles. The Morgan fingerprint density at radius 2 is 0.745 bits per heavy atom. The van der Waals surface area contributed by atoms with Gasteiger partial charge in [-0.05, 0) is 150 Å². The molecule has 0 heterocycles. The number of rotatable bonds is 35. The van der Waals surface area contributed by atoms with E-state index in [4.69, 9.17) is 30.3 Å². The molecule has 592 valence electrons. The van der Waals surface area contributed by atoms with Crippen LogP contribution in [0.15, 0.2) is 218 Å². The van der Waals surface area contributed by atoms with Gasteiger partial charge in [0, 0.05) is 74.6 Å². The van der Waals surface area contributed by atoms with E-state index in [0.717, 1.165) is 93.3 Å². The van der Waals surface area contributed by atoms with E-state index in [1.54, 1.807) is 28.0 Å². The van der Waals surface area contributed by atoms with Gasteiger partial charge in [0.1, 0.15) is 6.61 Å². The molecular formula is C86H113N7O16Si. The second kappa shape index (κ2) is 53.3. The highest BCUT2D eigenvalue weighted by molar-refractivity contribution is 6.74. The monoisotopic (exact) mass is 1530 g/mol. The van der Waals surface area contributed by atoms with Gasteiger partial charge in [-0.1, -0.05) is 204 Å². The first-order valence-corrected chi connectivity index (χ1v) is 39.7. The van der Waals surface area contributed by atoms with Gasteiger partial charge in [-0.3, -0.25) is 48.8 Å². The van der Waals surface area contributed by atoms with Crippen LogP contribution in [0.25, 0.3) is 0 Å². The molecule has 8 aromatic carbocycles. The topological polar surface area (TPSA) is 348 Å². The van der Waals surface area contributed by atoms with Gasteiger partial charge in [0.25, 0.3) is 0 Å². The fourth-order valence-corrected chi connectivity index (χ4v) is 11.5. The third kappa shape index (κ3) is 37.5. The summed E-state index contributed by atoms with van der Waals surface area (Å²) in [5.41, 5.74) is 14.5. The summed E-state index contributed by atoms with van der Waals surface area (Å²) in [6.07, 6.45) is 6.15. The number of aryl methyl sites for hydroxylation is 4. The minimum Gasteiger partial charge on any atom is -0.481 e. The zero-order valence-electron chi connectivity index (χ0n) is 64.8. The highest BCUT2D eigenvalue weighted by Gasteiger charge is 2.37. The third-order valence-electron chi connectivity index (χ3n) is 17.6.